The maximum absolute atomic E-state index is 12.6. The number of amides is 2. The van der Waals surface area contributed by atoms with Crippen molar-refractivity contribution in [2.45, 2.75) is 65.0 Å². The fraction of sp³-hybridized carbons (Fsp3) is 0.684. The average Bonchev–Trinajstić information content (AvgIpc) is 2.64. The third kappa shape index (κ3) is 4.51. The molecule has 1 N–H and O–H groups in total. The summed E-state index contributed by atoms with van der Waals surface area (Å²) in [5.41, 5.74) is 1.10. The molecule has 2 heterocycles. The van der Waals surface area contributed by atoms with Crippen LogP contribution in [0.4, 0.5) is 0 Å². The lowest BCUT2D eigenvalue weighted by atomic mass is 9.87. The molecule has 1 fully saturated rings. The summed E-state index contributed by atoms with van der Waals surface area (Å²) in [6, 6.07) is 0. The highest BCUT2D eigenvalue weighted by Gasteiger charge is 2.23. The highest BCUT2D eigenvalue weighted by Crippen LogP contribution is 2.25. The summed E-state index contributed by atoms with van der Waals surface area (Å²) in [4.78, 5) is 42.2. The van der Waals surface area contributed by atoms with E-state index in [1.54, 1.807) is 4.90 Å². The van der Waals surface area contributed by atoms with Gasteiger partial charge < -0.3 is 10.2 Å². The van der Waals surface area contributed by atoms with Gasteiger partial charge in [0.25, 0.3) is 5.56 Å². The van der Waals surface area contributed by atoms with Gasteiger partial charge in [-0.1, -0.05) is 32.1 Å². The predicted molar refractivity (Wildman–Crippen MR) is 97.5 cm³/mol. The van der Waals surface area contributed by atoms with Crippen molar-refractivity contribution in [3.8, 4) is 0 Å². The van der Waals surface area contributed by atoms with Gasteiger partial charge in [0.05, 0.1) is 18.6 Å². The van der Waals surface area contributed by atoms with Gasteiger partial charge in [0.1, 0.15) is 6.54 Å². The van der Waals surface area contributed by atoms with E-state index in [9.17, 15) is 14.4 Å². The summed E-state index contributed by atoms with van der Waals surface area (Å²) >= 11 is 0. The third-order valence-corrected chi connectivity index (χ3v) is 5.55. The Bertz CT molecular complexity index is 722. The van der Waals surface area contributed by atoms with E-state index >= 15 is 0 Å². The molecule has 26 heavy (non-hydrogen) atoms. The first-order valence-corrected chi connectivity index (χ1v) is 9.64. The molecule has 7 heteroatoms. The van der Waals surface area contributed by atoms with Crippen LogP contribution < -0.4 is 10.9 Å². The molecule has 2 aliphatic rings. The van der Waals surface area contributed by atoms with Crippen molar-refractivity contribution in [3.05, 3.63) is 27.9 Å². The summed E-state index contributed by atoms with van der Waals surface area (Å²) < 4.78 is 1.37. The van der Waals surface area contributed by atoms with Gasteiger partial charge in [-0.2, -0.15) is 0 Å². The zero-order valence-corrected chi connectivity index (χ0v) is 15.5. The number of hydrogen-bond donors (Lipinski definition) is 1. The van der Waals surface area contributed by atoms with E-state index in [2.05, 4.69) is 10.3 Å². The summed E-state index contributed by atoms with van der Waals surface area (Å²) in [5, 5.41) is 2.93. The molecule has 0 unspecified atom stereocenters. The predicted octanol–water partition coefficient (Wildman–Crippen LogP) is 1.23. The molecule has 1 aliphatic carbocycles. The molecule has 3 rings (SSSR count). The van der Waals surface area contributed by atoms with Crippen molar-refractivity contribution in [1.29, 1.82) is 0 Å². The molecule has 1 aromatic rings. The highest BCUT2D eigenvalue weighted by atomic mass is 16.2. The minimum absolute atomic E-state index is 0.000201. The van der Waals surface area contributed by atoms with Crippen molar-refractivity contribution in [1.82, 2.24) is 19.8 Å². The number of hydrogen-bond acceptors (Lipinski definition) is 4. The lowest BCUT2D eigenvalue weighted by Crippen LogP contribution is -2.40. The van der Waals surface area contributed by atoms with Crippen LogP contribution in [0.1, 0.15) is 56.7 Å². The summed E-state index contributed by atoms with van der Waals surface area (Å²) in [6.45, 7) is 3.08. The van der Waals surface area contributed by atoms with E-state index in [0.29, 0.717) is 37.3 Å². The molecule has 2 amide bonds. The van der Waals surface area contributed by atoms with Gasteiger partial charge in [-0.25, -0.2) is 4.98 Å². The van der Waals surface area contributed by atoms with Crippen LogP contribution in [0, 0.1) is 5.92 Å². The lowest BCUT2D eigenvalue weighted by molar-refractivity contribution is -0.129. The van der Waals surface area contributed by atoms with Gasteiger partial charge >= 0.3 is 0 Å². The van der Waals surface area contributed by atoms with Crippen LogP contribution in [-0.2, 0) is 29.1 Å². The fourth-order valence-electron chi connectivity index (χ4n) is 3.94. The summed E-state index contributed by atoms with van der Waals surface area (Å²) in [5.74, 6) is 0.561. The second kappa shape index (κ2) is 8.47. The van der Waals surface area contributed by atoms with E-state index in [0.717, 1.165) is 12.3 Å². The molecule has 1 saturated carbocycles. The number of aromatic nitrogens is 2. The van der Waals surface area contributed by atoms with E-state index in [1.165, 1.54) is 49.9 Å². The number of fused-ring (bicyclic) bond motifs is 1. The molecule has 1 aliphatic heterocycles. The standard InChI is InChI=1S/C19H28N4O3/c1-14(24)22-10-8-16-17(11-22)21-13-23(19(16)26)12-18(25)20-9-7-15-5-3-2-4-6-15/h13,15H,2-12H2,1H3,(H,20,25). The Kier molecular flexibility index (Phi) is 6.06. The zero-order valence-electron chi connectivity index (χ0n) is 15.5. The molecule has 1 aromatic heterocycles. The van der Waals surface area contributed by atoms with Crippen molar-refractivity contribution < 1.29 is 9.59 Å². The van der Waals surface area contributed by atoms with Gasteiger partial charge in [-0.3, -0.25) is 19.0 Å². The Morgan fingerprint density at radius 1 is 1.27 bits per heavy atom. The Balaban J connectivity index is 1.54. The molecular weight excluding hydrogens is 332 g/mol. The largest absolute Gasteiger partial charge is 0.355 e. The third-order valence-electron chi connectivity index (χ3n) is 5.55. The first-order chi connectivity index (χ1) is 12.5. The van der Waals surface area contributed by atoms with Crippen LogP contribution in [0.5, 0.6) is 0 Å². The normalized spacial score (nSPS) is 17.7. The van der Waals surface area contributed by atoms with Crippen LogP contribution in [0.25, 0.3) is 0 Å². The number of rotatable bonds is 5. The van der Waals surface area contributed by atoms with E-state index in [1.807, 2.05) is 0 Å². The van der Waals surface area contributed by atoms with Gasteiger partial charge in [-0.15, -0.1) is 0 Å². The maximum Gasteiger partial charge on any atom is 0.257 e. The monoisotopic (exact) mass is 360 g/mol. The van der Waals surface area contributed by atoms with Gasteiger partial charge in [0.2, 0.25) is 11.8 Å². The molecule has 7 nitrogen and oxygen atoms in total. The quantitative estimate of drug-likeness (QED) is 0.856. The molecule has 0 spiro atoms. The van der Waals surface area contributed by atoms with E-state index < -0.39 is 0 Å². The number of nitrogens with one attached hydrogen (secondary N) is 1. The first kappa shape index (κ1) is 18.6. The van der Waals surface area contributed by atoms with E-state index in [4.69, 9.17) is 0 Å². The average molecular weight is 360 g/mol. The first-order valence-electron chi connectivity index (χ1n) is 9.64. The van der Waals surface area contributed by atoms with Crippen LogP contribution in [-0.4, -0.2) is 39.4 Å². The maximum atomic E-state index is 12.6. The minimum Gasteiger partial charge on any atom is -0.355 e. The van der Waals surface area contributed by atoms with Gasteiger partial charge in [0.15, 0.2) is 0 Å². The summed E-state index contributed by atoms with van der Waals surface area (Å²) in [6.07, 6.45) is 9.40. The topological polar surface area (TPSA) is 84.3 Å². The molecule has 0 atom stereocenters. The van der Waals surface area contributed by atoms with Crippen molar-refractivity contribution in [3.63, 3.8) is 0 Å². The van der Waals surface area contributed by atoms with Crippen molar-refractivity contribution >= 4 is 11.8 Å². The van der Waals surface area contributed by atoms with E-state index in [-0.39, 0.29) is 23.9 Å². The van der Waals surface area contributed by atoms with Gasteiger partial charge in [0, 0.05) is 25.6 Å². The molecule has 0 bridgehead atoms. The second-order valence-corrected chi connectivity index (χ2v) is 7.44. The van der Waals surface area contributed by atoms with Crippen molar-refractivity contribution in [2.24, 2.45) is 5.92 Å². The van der Waals surface area contributed by atoms with Crippen LogP contribution in [0.15, 0.2) is 11.1 Å². The molecular formula is C19H28N4O3. The number of nitrogens with zero attached hydrogens (tertiary/aromatic N) is 3. The van der Waals surface area contributed by atoms with Crippen molar-refractivity contribution in [2.75, 3.05) is 13.1 Å². The Labute approximate surface area is 153 Å². The van der Waals surface area contributed by atoms with Crippen LogP contribution in [0.3, 0.4) is 0 Å². The molecule has 142 valence electrons. The van der Waals surface area contributed by atoms with Crippen LogP contribution in [0.2, 0.25) is 0 Å². The smallest absolute Gasteiger partial charge is 0.257 e. The Morgan fingerprint density at radius 3 is 2.77 bits per heavy atom. The number of carbonyl (C=O) groups is 2. The molecule has 0 radical (unpaired) electrons. The lowest BCUT2D eigenvalue weighted by Gasteiger charge is -2.26. The minimum atomic E-state index is -0.166. The molecule has 0 saturated heterocycles. The number of carbonyl (C=O) groups excluding carboxylic acids is 2. The SMILES string of the molecule is CC(=O)N1CCc2c(ncn(CC(=O)NCCC3CCCCC3)c2=O)C1. The Hall–Kier alpha value is -2.18. The second-order valence-electron chi connectivity index (χ2n) is 7.44. The molecule has 0 aromatic carbocycles. The summed E-state index contributed by atoms with van der Waals surface area (Å²) in [7, 11) is 0. The fourth-order valence-corrected chi connectivity index (χ4v) is 3.94. The van der Waals surface area contributed by atoms with Gasteiger partial charge in [-0.05, 0) is 18.8 Å². The highest BCUT2D eigenvalue weighted by molar-refractivity contribution is 5.75. The van der Waals surface area contributed by atoms with Crippen LogP contribution >= 0.6 is 0 Å². The Morgan fingerprint density at radius 2 is 2.04 bits per heavy atom. The zero-order chi connectivity index (χ0) is 18.5.